The van der Waals surface area contributed by atoms with Crippen molar-refractivity contribution in [3.63, 3.8) is 0 Å². The van der Waals surface area contributed by atoms with Gasteiger partial charge in [0.05, 0.1) is 6.04 Å². The molecule has 1 unspecified atom stereocenters. The van der Waals surface area contributed by atoms with E-state index in [4.69, 9.17) is 0 Å². The number of hydrogen-bond donors (Lipinski definition) is 1. The summed E-state index contributed by atoms with van der Waals surface area (Å²) < 4.78 is 0. The Morgan fingerprint density at radius 3 is 1.62 bits per heavy atom. The second-order valence-corrected chi connectivity index (χ2v) is 6.93. The first-order chi connectivity index (χ1) is 9.98. The molecule has 1 heteroatoms. The third-order valence-corrected chi connectivity index (χ3v) is 4.37. The summed E-state index contributed by atoms with van der Waals surface area (Å²) in [5.41, 5.74) is 2.97. The largest absolute Gasteiger partial charge is 0.306 e. The molecular weight excluding hydrogens is 254 g/mol. The third kappa shape index (κ3) is 4.44. The van der Waals surface area contributed by atoms with E-state index < -0.39 is 0 Å². The van der Waals surface area contributed by atoms with Gasteiger partial charge in [-0.2, -0.15) is 0 Å². The second-order valence-electron chi connectivity index (χ2n) is 6.93. The van der Waals surface area contributed by atoms with Crippen molar-refractivity contribution in [2.75, 3.05) is 6.54 Å². The summed E-state index contributed by atoms with van der Waals surface area (Å²) in [5.74, 6) is 0.618. The molecule has 0 aliphatic carbocycles. The first kappa shape index (κ1) is 15.8. The fourth-order valence-electron chi connectivity index (χ4n) is 2.32. The molecule has 0 bridgehead atoms. The summed E-state index contributed by atoms with van der Waals surface area (Å²) in [6, 6.07) is 21.7. The second kappa shape index (κ2) is 6.91. The molecular formula is C20H27N. The molecule has 0 fully saturated rings. The Hall–Kier alpha value is -1.60. The Morgan fingerprint density at radius 2 is 1.24 bits per heavy atom. The Kier molecular flexibility index (Phi) is 5.19. The molecule has 2 aromatic rings. The first-order valence-electron chi connectivity index (χ1n) is 7.82. The van der Waals surface area contributed by atoms with Crippen LogP contribution in [0.25, 0.3) is 0 Å². The minimum Gasteiger partial charge on any atom is -0.306 e. The van der Waals surface area contributed by atoms with Crippen LogP contribution in [0.3, 0.4) is 0 Å². The quantitative estimate of drug-likeness (QED) is 0.809. The number of hydrogen-bond acceptors (Lipinski definition) is 1. The van der Waals surface area contributed by atoms with Crippen LogP contribution in [0.1, 0.15) is 44.9 Å². The van der Waals surface area contributed by atoms with Crippen LogP contribution >= 0.6 is 0 Å². The number of rotatable bonds is 5. The molecule has 112 valence electrons. The van der Waals surface area contributed by atoms with Gasteiger partial charge in [-0.25, -0.2) is 0 Å². The van der Waals surface area contributed by atoms with Gasteiger partial charge >= 0.3 is 0 Å². The predicted molar refractivity (Wildman–Crippen MR) is 91.3 cm³/mol. The van der Waals surface area contributed by atoms with Crippen molar-refractivity contribution < 1.29 is 0 Å². The van der Waals surface area contributed by atoms with Crippen molar-refractivity contribution in [1.82, 2.24) is 5.32 Å². The van der Waals surface area contributed by atoms with Crippen LogP contribution in [0.4, 0.5) is 0 Å². The molecule has 21 heavy (non-hydrogen) atoms. The Balaban J connectivity index is 2.18. The standard InChI is InChI=1S/C20H27N/c1-16(20(2,3)4)15-21-19(17-11-7-5-8-12-17)18-13-9-6-10-14-18/h5-14,16,19,21H,15H2,1-4H3. The summed E-state index contributed by atoms with van der Waals surface area (Å²) in [5, 5.41) is 3.76. The zero-order chi connectivity index (χ0) is 15.3. The van der Waals surface area contributed by atoms with Crippen LogP contribution in [0.15, 0.2) is 60.7 Å². The highest BCUT2D eigenvalue weighted by molar-refractivity contribution is 5.31. The van der Waals surface area contributed by atoms with E-state index in [0.717, 1.165) is 6.54 Å². The lowest BCUT2D eigenvalue weighted by Gasteiger charge is -2.30. The summed E-state index contributed by atoms with van der Waals surface area (Å²) >= 11 is 0. The molecule has 0 spiro atoms. The van der Waals surface area contributed by atoms with Gasteiger partial charge in [0, 0.05) is 0 Å². The molecule has 0 radical (unpaired) electrons. The molecule has 0 saturated carbocycles. The number of nitrogens with one attached hydrogen (secondary N) is 1. The van der Waals surface area contributed by atoms with Crippen LogP contribution in [0, 0.1) is 11.3 Å². The summed E-state index contributed by atoms with van der Waals surface area (Å²) in [6.07, 6.45) is 0. The maximum absolute atomic E-state index is 3.76. The Bertz CT molecular complexity index is 485. The van der Waals surface area contributed by atoms with Crippen molar-refractivity contribution in [3.05, 3.63) is 71.8 Å². The fraction of sp³-hybridized carbons (Fsp3) is 0.400. The normalized spacial score (nSPS) is 13.4. The van der Waals surface area contributed by atoms with Crippen molar-refractivity contribution in [3.8, 4) is 0 Å². The van der Waals surface area contributed by atoms with E-state index in [1.165, 1.54) is 11.1 Å². The van der Waals surface area contributed by atoms with Gasteiger partial charge in [-0.15, -0.1) is 0 Å². The highest BCUT2D eigenvalue weighted by Crippen LogP contribution is 2.27. The smallest absolute Gasteiger partial charge is 0.0576 e. The molecule has 2 aromatic carbocycles. The van der Waals surface area contributed by atoms with Gasteiger partial charge in [-0.1, -0.05) is 88.4 Å². The van der Waals surface area contributed by atoms with E-state index in [9.17, 15) is 0 Å². The summed E-state index contributed by atoms with van der Waals surface area (Å²) in [7, 11) is 0. The maximum atomic E-state index is 3.76. The lowest BCUT2D eigenvalue weighted by atomic mass is 9.82. The van der Waals surface area contributed by atoms with Crippen molar-refractivity contribution >= 4 is 0 Å². The van der Waals surface area contributed by atoms with Crippen LogP contribution in [-0.2, 0) is 0 Å². The fourth-order valence-corrected chi connectivity index (χ4v) is 2.32. The van der Waals surface area contributed by atoms with E-state index >= 15 is 0 Å². The topological polar surface area (TPSA) is 12.0 Å². The number of benzene rings is 2. The van der Waals surface area contributed by atoms with Crippen molar-refractivity contribution in [1.29, 1.82) is 0 Å². The zero-order valence-electron chi connectivity index (χ0n) is 13.6. The zero-order valence-corrected chi connectivity index (χ0v) is 13.6. The van der Waals surface area contributed by atoms with Gasteiger partial charge in [0.1, 0.15) is 0 Å². The van der Waals surface area contributed by atoms with E-state index in [1.54, 1.807) is 0 Å². The van der Waals surface area contributed by atoms with E-state index in [-0.39, 0.29) is 6.04 Å². The van der Waals surface area contributed by atoms with Crippen LogP contribution in [0.5, 0.6) is 0 Å². The first-order valence-corrected chi connectivity index (χ1v) is 7.82. The molecule has 1 N–H and O–H groups in total. The molecule has 0 aromatic heterocycles. The molecule has 1 atom stereocenters. The molecule has 0 heterocycles. The van der Waals surface area contributed by atoms with Crippen molar-refractivity contribution in [2.24, 2.45) is 11.3 Å². The molecule has 0 amide bonds. The van der Waals surface area contributed by atoms with Gasteiger partial charge in [-0.3, -0.25) is 0 Å². The predicted octanol–water partition coefficient (Wildman–Crippen LogP) is 5.05. The minimum atomic E-state index is 0.261. The van der Waals surface area contributed by atoms with E-state index in [1.807, 2.05) is 0 Å². The summed E-state index contributed by atoms with van der Waals surface area (Å²) in [6.45, 7) is 10.2. The van der Waals surface area contributed by atoms with Crippen LogP contribution < -0.4 is 5.32 Å². The lowest BCUT2D eigenvalue weighted by Crippen LogP contribution is -2.32. The van der Waals surface area contributed by atoms with E-state index in [2.05, 4.69) is 93.7 Å². The Morgan fingerprint density at radius 1 is 0.810 bits per heavy atom. The van der Waals surface area contributed by atoms with Crippen molar-refractivity contribution in [2.45, 2.75) is 33.7 Å². The molecule has 1 nitrogen and oxygen atoms in total. The SMILES string of the molecule is CC(CNC(c1ccccc1)c1ccccc1)C(C)(C)C. The minimum absolute atomic E-state index is 0.261. The lowest BCUT2D eigenvalue weighted by molar-refractivity contribution is 0.248. The average Bonchev–Trinajstić information content (AvgIpc) is 2.48. The van der Waals surface area contributed by atoms with Gasteiger partial charge in [0.2, 0.25) is 0 Å². The van der Waals surface area contributed by atoms with Gasteiger partial charge in [-0.05, 0) is 29.0 Å². The molecule has 0 aliphatic rings. The van der Waals surface area contributed by atoms with Gasteiger partial charge < -0.3 is 5.32 Å². The average molecular weight is 281 g/mol. The van der Waals surface area contributed by atoms with Crippen LogP contribution in [0.2, 0.25) is 0 Å². The van der Waals surface area contributed by atoms with E-state index in [0.29, 0.717) is 11.3 Å². The maximum Gasteiger partial charge on any atom is 0.0576 e. The van der Waals surface area contributed by atoms with Gasteiger partial charge in [0.15, 0.2) is 0 Å². The molecule has 0 saturated heterocycles. The van der Waals surface area contributed by atoms with Gasteiger partial charge in [0.25, 0.3) is 0 Å². The Labute approximate surface area is 129 Å². The van der Waals surface area contributed by atoms with Crippen LogP contribution in [-0.4, -0.2) is 6.54 Å². The summed E-state index contributed by atoms with van der Waals surface area (Å²) in [4.78, 5) is 0. The highest BCUT2D eigenvalue weighted by atomic mass is 14.9. The third-order valence-electron chi connectivity index (χ3n) is 4.37. The molecule has 2 rings (SSSR count). The monoisotopic (exact) mass is 281 g/mol. The highest BCUT2D eigenvalue weighted by Gasteiger charge is 2.21. The molecule has 0 aliphatic heterocycles.